The highest BCUT2D eigenvalue weighted by atomic mass is 19.4. The largest absolute Gasteiger partial charge is 0.573 e. The van der Waals surface area contributed by atoms with E-state index in [0.717, 1.165) is 37.5 Å². The highest BCUT2D eigenvalue weighted by Gasteiger charge is 2.30. The first-order chi connectivity index (χ1) is 12.9. The van der Waals surface area contributed by atoms with Crippen molar-refractivity contribution in [2.75, 3.05) is 30.4 Å². The van der Waals surface area contributed by atoms with E-state index in [1.807, 2.05) is 0 Å². The van der Waals surface area contributed by atoms with Crippen LogP contribution in [0.1, 0.15) is 12.8 Å². The average Bonchev–Trinajstić information content (AvgIpc) is 2.63. The van der Waals surface area contributed by atoms with Crippen molar-refractivity contribution in [3.05, 3.63) is 36.7 Å². The van der Waals surface area contributed by atoms with Crippen LogP contribution in [-0.4, -0.2) is 42.2 Å². The molecule has 0 aliphatic carbocycles. The molecule has 10 heteroatoms. The summed E-state index contributed by atoms with van der Waals surface area (Å²) in [6.07, 6.45) is -1.68. The van der Waals surface area contributed by atoms with E-state index in [2.05, 4.69) is 30.1 Å². The summed E-state index contributed by atoms with van der Waals surface area (Å²) in [7, 11) is 1.53. The average molecular weight is 381 g/mol. The second-order valence-electron chi connectivity index (χ2n) is 5.79. The van der Waals surface area contributed by atoms with Crippen LogP contribution in [0.25, 0.3) is 0 Å². The van der Waals surface area contributed by atoms with Crippen molar-refractivity contribution in [1.82, 2.24) is 9.97 Å². The fourth-order valence-corrected chi connectivity index (χ4v) is 2.69. The Morgan fingerprint density at radius 1 is 1.11 bits per heavy atom. The number of halogens is 3. The monoisotopic (exact) mass is 381 g/mol. The minimum absolute atomic E-state index is 0.279. The molecule has 1 fully saturated rings. The molecule has 2 heterocycles. The van der Waals surface area contributed by atoms with E-state index in [9.17, 15) is 13.2 Å². The van der Waals surface area contributed by atoms with Crippen molar-refractivity contribution < 1.29 is 22.7 Å². The van der Waals surface area contributed by atoms with Gasteiger partial charge in [-0.05, 0) is 24.3 Å². The number of rotatable bonds is 5. The van der Waals surface area contributed by atoms with Crippen molar-refractivity contribution in [2.24, 2.45) is 5.16 Å². The lowest BCUT2D eigenvalue weighted by Gasteiger charge is -2.28. The second-order valence-corrected chi connectivity index (χ2v) is 5.79. The maximum atomic E-state index is 12.2. The van der Waals surface area contributed by atoms with Crippen molar-refractivity contribution in [1.29, 1.82) is 0 Å². The molecule has 3 rings (SSSR count). The van der Waals surface area contributed by atoms with Crippen LogP contribution in [0.5, 0.6) is 5.75 Å². The molecule has 1 aliphatic rings. The molecule has 0 bridgehead atoms. The molecular formula is C17H18F3N5O2. The Kier molecular flexibility index (Phi) is 5.63. The Bertz CT molecular complexity index is 786. The van der Waals surface area contributed by atoms with Gasteiger partial charge >= 0.3 is 6.36 Å². The number of ether oxygens (including phenoxy) is 1. The number of alkyl halides is 3. The van der Waals surface area contributed by atoms with Crippen LogP contribution in [0.2, 0.25) is 0 Å². The number of nitrogens with one attached hydrogen (secondary N) is 1. The third kappa shape index (κ3) is 5.47. The smallest absolute Gasteiger partial charge is 0.406 e. The van der Waals surface area contributed by atoms with Crippen LogP contribution in [0, 0.1) is 0 Å². The van der Waals surface area contributed by atoms with Gasteiger partial charge in [-0.3, -0.25) is 0 Å². The van der Waals surface area contributed by atoms with Gasteiger partial charge in [0.1, 0.15) is 30.8 Å². The molecule has 0 amide bonds. The quantitative estimate of drug-likeness (QED) is 0.796. The molecule has 0 radical (unpaired) electrons. The van der Waals surface area contributed by atoms with Gasteiger partial charge in [-0.2, -0.15) is 0 Å². The summed E-state index contributed by atoms with van der Waals surface area (Å²) in [4.78, 5) is 15.4. The molecule has 7 nitrogen and oxygen atoms in total. The first-order valence-corrected chi connectivity index (χ1v) is 8.22. The van der Waals surface area contributed by atoms with Gasteiger partial charge in [0, 0.05) is 37.7 Å². The molecule has 1 aliphatic heterocycles. The van der Waals surface area contributed by atoms with Crippen LogP contribution in [0.4, 0.5) is 30.5 Å². The van der Waals surface area contributed by atoms with E-state index >= 15 is 0 Å². The Labute approximate surface area is 153 Å². The van der Waals surface area contributed by atoms with Gasteiger partial charge < -0.3 is 19.8 Å². The van der Waals surface area contributed by atoms with Gasteiger partial charge in [0.2, 0.25) is 0 Å². The van der Waals surface area contributed by atoms with Crippen molar-refractivity contribution in [2.45, 2.75) is 19.2 Å². The first-order valence-electron chi connectivity index (χ1n) is 8.22. The number of hydrogen-bond acceptors (Lipinski definition) is 7. The number of hydrogen-bond donors (Lipinski definition) is 1. The molecule has 0 saturated carbocycles. The summed E-state index contributed by atoms with van der Waals surface area (Å²) in [5.74, 6) is 1.03. The lowest BCUT2D eigenvalue weighted by molar-refractivity contribution is -0.274. The first kappa shape index (κ1) is 18.7. The lowest BCUT2D eigenvalue weighted by Crippen LogP contribution is -2.34. The predicted molar refractivity (Wildman–Crippen MR) is 94.3 cm³/mol. The van der Waals surface area contributed by atoms with E-state index in [1.54, 1.807) is 6.07 Å². The number of piperidine rings is 1. The number of aromatic nitrogens is 2. The molecule has 144 valence electrons. The van der Waals surface area contributed by atoms with Crippen LogP contribution in [0.15, 0.2) is 41.8 Å². The zero-order chi connectivity index (χ0) is 19.3. The molecule has 0 atom stereocenters. The molecule has 1 saturated heterocycles. The summed E-state index contributed by atoms with van der Waals surface area (Å²) in [5, 5.41) is 7.02. The van der Waals surface area contributed by atoms with Gasteiger partial charge in [-0.25, -0.2) is 9.97 Å². The summed E-state index contributed by atoms with van der Waals surface area (Å²) >= 11 is 0. The third-order valence-corrected chi connectivity index (χ3v) is 3.90. The lowest BCUT2D eigenvalue weighted by atomic mass is 10.1. The summed E-state index contributed by atoms with van der Waals surface area (Å²) in [5.41, 5.74) is 1.60. The van der Waals surface area contributed by atoms with E-state index in [-0.39, 0.29) is 5.75 Å². The standard InChI is InChI=1S/C17H18F3N5O2/c1-26-24-13-6-8-25(9-7-13)16-10-15(21-11-22-16)23-12-2-4-14(5-3-12)27-17(18,19)20/h2-5,10-11H,6-9H2,1H3,(H,21,22,23). The van der Waals surface area contributed by atoms with E-state index < -0.39 is 6.36 Å². The maximum absolute atomic E-state index is 12.2. The minimum atomic E-state index is -4.71. The number of benzene rings is 1. The third-order valence-electron chi connectivity index (χ3n) is 3.90. The molecule has 27 heavy (non-hydrogen) atoms. The second kappa shape index (κ2) is 8.11. The highest BCUT2D eigenvalue weighted by Crippen LogP contribution is 2.26. The topological polar surface area (TPSA) is 71.9 Å². The van der Waals surface area contributed by atoms with Gasteiger partial charge in [0.05, 0.1) is 5.71 Å². The van der Waals surface area contributed by atoms with E-state index in [4.69, 9.17) is 4.84 Å². The van der Waals surface area contributed by atoms with Gasteiger partial charge in [-0.1, -0.05) is 5.16 Å². The van der Waals surface area contributed by atoms with E-state index in [1.165, 1.54) is 37.7 Å². The minimum Gasteiger partial charge on any atom is -0.406 e. The highest BCUT2D eigenvalue weighted by molar-refractivity contribution is 5.86. The number of anilines is 3. The Morgan fingerprint density at radius 2 is 1.81 bits per heavy atom. The van der Waals surface area contributed by atoms with Gasteiger partial charge in [0.25, 0.3) is 0 Å². The summed E-state index contributed by atoms with van der Waals surface area (Å²) in [6.45, 7) is 1.53. The predicted octanol–water partition coefficient (Wildman–Crippen LogP) is 3.72. The molecule has 2 aromatic rings. The van der Waals surface area contributed by atoms with Crippen molar-refractivity contribution >= 4 is 23.0 Å². The van der Waals surface area contributed by atoms with Crippen LogP contribution < -0.4 is 15.0 Å². The molecule has 1 aromatic carbocycles. The molecule has 1 N–H and O–H groups in total. The molecule has 0 unspecified atom stereocenters. The molecule has 0 spiro atoms. The SMILES string of the molecule is CON=C1CCN(c2cc(Nc3ccc(OC(F)(F)F)cc3)ncn2)CC1. The Hall–Kier alpha value is -3.04. The number of nitrogens with zero attached hydrogens (tertiary/aromatic N) is 4. The molecule has 1 aromatic heterocycles. The van der Waals surface area contributed by atoms with Crippen molar-refractivity contribution in [3.8, 4) is 5.75 Å². The van der Waals surface area contributed by atoms with Gasteiger partial charge in [0.15, 0.2) is 0 Å². The number of oxime groups is 1. The summed E-state index contributed by atoms with van der Waals surface area (Å²) in [6, 6.07) is 7.23. The van der Waals surface area contributed by atoms with Crippen LogP contribution in [0.3, 0.4) is 0 Å². The van der Waals surface area contributed by atoms with E-state index in [0.29, 0.717) is 11.5 Å². The molecular weight excluding hydrogens is 363 g/mol. The summed E-state index contributed by atoms with van der Waals surface area (Å²) < 4.78 is 40.5. The fraction of sp³-hybridized carbons (Fsp3) is 0.353. The normalized spacial score (nSPS) is 14.7. The van der Waals surface area contributed by atoms with Gasteiger partial charge in [-0.15, -0.1) is 13.2 Å². The Morgan fingerprint density at radius 3 is 2.44 bits per heavy atom. The maximum Gasteiger partial charge on any atom is 0.573 e. The van der Waals surface area contributed by atoms with Crippen LogP contribution in [-0.2, 0) is 4.84 Å². The zero-order valence-corrected chi connectivity index (χ0v) is 14.5. The van der Waals surface area contributed by atoms with Crippen LogP contribution >= 0.6 is 0 Å². The Balaban J connectivity index is 1.63. The zero-order valence-electron chi connectivity index (χ0n) is 14.5. The fourth-order valence-electron chi connectivity index (χ4n) is 2.69. The van der Waals surface area contributed by atoms with Crippen molar-refractivity contribution in [3.63, 3.8) is 0 Å².